The van der Waals surface area contributed by atoms with Crippen LogP contribution in [0.4, 0.5) is 0 Å². The molecule has 0 bridgehead atoms. The minimum absolute atomic E-state index is 0.270. The van der Waals surface area contributed by atoms with E-state index >= 15 is 0 Å². The van der Waals surface area contributed by atoms with Gasteiger partial charge in [0.1, 0.15) is 0 Å². The average molecular weight is 379 g/mol. The average Bonchev–Trinajstić information content (AvgIpc) is 3.59. The van der Waals surface area contributed by atoms with Gasteiger partial charge in [-0.15, -0.1) is 23.2 Å². The zero-order valence-corrected chi connectivity index (χ0v) is 15.9. The van der Waals surface area contributed by atoms with Crippen molar-refractivity contribution in [2.45, 2.75) is 34.4 Å². The van der Waals surface area contributed by atoms with Gasteiger partial charge in [0, 0.05) is 11.8 Å². The van der Waals surface area contributed by atoms with Crippen LogP contribution in [-0.4, -0.2) is 0 Å². The number of benzene rings is 3. The number of rotatable bonds is 4. The van der Waals surface area contributed by atoms with Gasteiger partial charge < -0.3 is 0 Å². The SMILES string of the molecule is Cl[C@@]1(c2ccccc2)C[C@@H]1c1ccccc1[C@@H]1C[C@]1(Cl)c1ccccc1. The third-order valence-electron chi connectivity index (χ3n) is 6.04. The fourth-order valence-corrected chi connectivity index (χ4v) is 5.20. The molecule has 130 valence electrons. The van der Waals surface area contributed by atoms with Crippen molar-refractivity contribution in [1.82, 2.24) is 0 Å². The molecule has 2 aliphatic carbocycles. The largest absolute Gasteiger partial charge is 0.113 e. The summed E-state index contributed by atoms with van der Waals surface area (Å²) in [5.74, 6) is 0.722. The topological polar surface area (TPSA) is 0 Å². The summed E-state index contributed by atoms with van der Waals surface area (Å²) in [6, 6.07) is 29.7. The molecule has 0 aliphatic heterocycles. The summed E-state index contributed by atoms with van der Waals surface area (Å²) < 4.78 is 0. The van der Waals surface area contributed by atoms with Crippen molar-refractivity contribution >= 4 is 23.2 Å². The van der Waals surface area contributed by atoms with Crippen molar-refractivity contribution in [3.05, 3.63) is 107 Å². The van der Waals surface area contributed by atoms with Crippen LogP contribution in [0.5, 0.6) is 0 Å². The summed E-state index contributed by atoms with van der Waals surface area (Å²) in [5.41, 5.74) is 5.18. The molecule has 2 fully saturated rings. The minimum atomic E-state index is -0.270. The molecule has 2 heteroatoms. The summed E-state index contributed by atoms with van der Waals surface area (Å²) in [4.78, 5) is -0.540. The lowest BCUT2D eigenvalue weighted by atomic mass is 9.94. The first-order valence-electron chi connectivity index (χ1n) is 9.20. The molecule has 5 rings (SSSR count). The monoisotopic (exact) mass is 378 g/mol. The van der Waals surface area contributed by atoms with E-state index in [1.807, 2.05) is 12.1 Å². The van der Waals surface area contributed by atoms with Crippen LogP contribution >= 0.6 is 23.2 Å². The maximum atomic E-state index is 7.02. The number of hydrogen-bond donors (Lipinski definition) is 0. The van der Waals surface area contributed by atoms with Gasteiger partial charge in [0.15, 0.2) is 0 Å². The normalized spacial score (nSPS) is 32.2. The molecule has 2 aliphatic rings. The van der Waals surface area contributed by atoms with Crippen LogP contribution in [0.3, 0.4) is 0 Å². The molecule has 2 saturated carbocycles. The van der Waals surface area contributed by atoms with E-state index in [4.69, 9.17) is 23.2 Å². The molecule has 3 aromatic rings. The van der Waals surface area contributed by atoms with Gasteiger partial charge >= 0.3 is 0 Å². The first kappa shape index (κ1) is 16.4. The van der Waals surface area contributed by atoms with Crippen LogP contribution in [0.25, 0.3) is 0 Å². The lowest BCUT2D eigenvalue weighted by molar-refractivity contribution is 0.890. The summed E-state index contributed by atoms with van der Waals surface area (Å²) in [6.07, 6.45) is 1.98. The fraction of sp³-hybridized carbons (Fsp3) is 0.250. The predicted octanol–water partition coefficient (Wildman–Crippen LogP) is 6.93. The van der Waals surface area contributed by atoms with Crippen molar-refractivity contribution in [3.63, 3.8) is 0 Å². The molecule has 0 amide bonds. The third-order valence-corrected chi connectivity index (χ3v) is 7.31. The molecule has 4 atom stereocenters. The van der Waals surface area contributed by atoms with E-state index in [-0.39, 0.29) is 9.75 Å². The van der Waals surface area contributed by atoms with Crippen LogP contribution < -0.4 is 0 Å². The molecule has 0 radical (unpaired) electrons. The molecule has 0 nitrogen and oxygen atoms in total. The Morgan fingerprint density at radius 2 is 0.885 bits per heavy atom. The molecular formula is C24H20Cl2. The van der Waals surface area contributed by atoms with Gasteiger partial charge in [-0.1, -0.05) is 84.9 Å². The van der Waals surface area contributed by atoms with Crippen LogP contribution in [-0.2, 0) is 9.75 Å². The Labute approximate surface area is 164 Å². The highest BCUT2D eigenvalue weighted by Crippen LogP contribution is 2.68. The van der Waals surface area contributed by atoms with Gasteiger partial charge in [-0.25, -0.2) is 0 Å². The van der Waals surface area contributed by atoms with Crippen LogP contribution in [0.15, 0.2) is 84.9 Å². The zero-order valence-electron chi connectivity index (χ0n) is 14.4. The summed E-state index contributed by atoms with van der Waals surface area (Å²) in [6.45, 7) is 0. The Balaban J connectivity index is 1.47. The molecule has 0 heterocycles. The Bertz CT molecular complexity index is 858. The Morgan fingerprint density at radius 1 is 0.538 bits per heavy atom. The lowest BCUT2D eigenvalue weighted by Crippen LogP contribution is -2.04. The number of alkyl halides is 2. The highest BCUT2D eigenvalue weighted by atomic mass is 35.5. The van der Waals surface area contributed by atoms with Crippen molar-refractivity contribution in [3.8, 4) is 0 Å². The molecule has 26 heavy (non-hydrogen) atoms. The molecule has 0 unspecified atom stereocenters. The number of halogens is 2. The van der Waals surface area contributed by atoms with E-state index in [2.05, 4.69) is 72.8 Å². The van der Waals surface area contributed by atoms with Gasteiger partial charge in [-0.05, 0) is 35.1 Å². The third kappa shape index (κ3) is 2.51. The first-order chi connectivity index (χ1) is 12.6. The van der Waals surface area contributed by atoms with Gasteiger partial charge in [-0.3, -0.25) is 0 Å². The smallest absolute Gasteiger partial charge is 0.0770 e. The maximum Gasteiger partial charge on any atom is 0.0770 e. The van der Waals surface area contributed by atoms with E-state index in [1.165, 1.54) is 22.3 Å². The Kier molecular flexibility index (Phi) is 3.71. The van der Waals surface area contributed by atoms with E-state index < -0.39 is 0 Å². The highest BCUT2D eigenvalue weighted by molar-refractivity contribution is 6.27. The van der Waals surface area contributed by atoms with E-state index in [9.17, 15) is 0 Å². The van der Waals surface area contributed by atoms with Gasteiger partial charge in [0.2, 0.25) is 0 Å². The van der Waals surface area contributed by atoms with Crippen molar-refractivity contribution < 1.29 is 0 Å². The van der Waals surface area contributed by atoms with Crippen molar-refractivity contribution in [2.75, 3.05) is 0 Å². The molecule has 0 spiro atoms. The molecule has 0 N–H and O–H groups in total. The number of hydrogen-bond acceptors (Lipinski definition) is 0. The Hall–Kier alpha value is -1.76. The van der Waals surface area contributed by atoms with E-state index in [1.54, 1.807) is 0 Å². The fourth-order valence-electron chi connectivity index (χ4n) is 4.40. The second-order valence-corrected chi connectivity index (χ2v) is 8.95. The summed E-state index contributed by atoms with van der Waals surface area (Å²) in [5, 5.41) is 0. The second-order valence-electron chi connectivity index (χ2n) is 7.60. The molecule has 3 aromatic carbocycles. The molecule has 0 saturated heterocycles. The molecular weight excluding hydrogens is 359 g/mol. The van der Waals surface area contributed by atoms with Gasteiger partial charge in [0.05, 0.1) is 9.75 Å². The zero-order chi connectivity index (χ0) is 17.8. The summed E-state index contributed by atoms with van der Waals surface area (Å²) >= 11 is 14.0. The second kappa shape index (κ2) is 5.87. The maximum absolute atomic E-state index is 7.02. The van der Waals surface area contributed by atoms with E-state index in [0.717, 1.165) is 12.8 Å². The van der Waals surface area contributed by atoms with Crippen LogP contribution in [0.1, 0.15) is 46.9 Å². The van der Waals surface area contributed by atoms with E-state index in [0.29, 0.717) is 11.8 Å². The predicted molar refractivity (Wildman–Crippen MR) is 109 cm³/mol. The lowest BCUT2D eigenvalue weighted by Gasteiger charge is -2.15. The standard InChI is InChI=1S/C24H20Cl2/c25-23(17-9-3-1-4-10-17)15-21(23)19-13-7-8-14-20(19)22-16-24(22,26)18-11-5-2-6-12-18/h1-14,21-22H,15-16H2/t21-,22+,23-,24+. The quantitative estimate of drug-likeness (QED) is 0.431. The van der Waals surface area contributed by atoms with Crippen molar-refractivity contribution in [2.24, 2.45) is 0 Å². The van der Waals surface area contributed by atoms with Crippen molar-refractivity contribution in [1.29, 1.82) is 0 Å². The first-order valence-corrected chi connectivity index (χ1v) is 9.96. The highest BCUT2D eigenvalue weighted by Gasteiger charge is 2.59. The molecule has 0 aromatic heterocycles. The van der Waals surface area contributed by atoms with Crippen LogP contribution in [0.2, 0.25) is 0 Å². The summed E-state index contributed by atoms with van der Waals surface area (Å²) in [7, 11) is 0. The van der Waals surface area contributed by atoms with Gasteiger partial charge in [-0.2, -0.15) is 0 Å². The minimum Gasteiger partial charge on any atom is -0.113 e. The van der Waals surface area contributed by atoms with Gasteiger partial charge in [0.25, 0.3) is 0 Å². The van der Waals surface area contributed by atoms with Crippen LogP contribution in [0, 0.1) is 0 Å². The Morgan fingerprint density at radius 3 is 1.27 bits per heavy atom.